The minimum atomic E-state index is -3.76. The van der Waals surface area contributed by atoms with Crippen LogP contribution in [-0.4, -0.2) is 55.9 Å². The smallest absolute Gasteiger partial charge is 0.243 e. The summed E-state index contributed by atoms with van der Waals surface area (Å²) in [5.41, 5.74) is 1.62. The summed E-state index contributed by atoms with van der Waals surface area (Å²) in [7, 11) is -3.76. The number of sulfonamides is 1. The number of nitrogens with one attached hydrogen (secondary N) is 1. The van der Waals surface area contributed by atoms with Crippen molar-refractivity contribution in [1.82, 2.24) is 19.4 Å². The molecule has 1 aromatic heterocycles. The van der Waals surface area contributed by atoms with Crippen molar-refractivity contribution < 1.29 is 17.5 Å². The normalized spacial score (nSPS) is 16.4. The molecule has 1 atom stereocenters. The minimum Gasteiger partial charge on any atom is -0.379 e. The number of ether oxygens (including phenoxy) is 1. The van der Waals surface area contributed by atoms with E-state index in [2.05, 4.69) is 14.7 Å². The molecule has 30 heavy (non-hydrogen) atoms. The Bertz CT molecular complexity index is 1070. The number of hydrogen-bond acceptors (Lipinski definition) is 5. The molecule has 3 aromatic rings. The second-order valence-corrected chi connectivity index (χ2v) is 8.79. The third kappa shape index (κ3) is 4.76. The van der Waals surface area contributed by atoms with Crippen molar-refractivity contribution in [3.8, 4) is 5.69 Å². The van der Waals surface area contributed by atoms with E-state index in [1.54, 1.807) is 12.1 Å². The molecule has 1 aliphatic heterocycles. The van der Waals surface area contributed by atoms with Gasteiger partial charge in [-0.15, -0.1) is 0 Å². The fourth-order valence-electron chi connectivity index (χ4n) is 3.47. The number of hydrogen-bond donors (Lipinski definition) is 1. The van der Waals surface area contributed by atoms with Gasteiger partial charge < -0.3 is 4.74 Å². The van der Waals surface area contributed by atoms with E-state index in [-0.39, 0.29) is 23.3 Å². The molecule has 0 radical (unpaired) electrons. The third-order valence-corrected chi connectivity index (χ3v) is 6.48. The molecule has 1 aliphatic rings. The first kappa shape index (κ1) is 20.7. The van der Waals surface area contributed by atoms with Crippen LogP contribution in [0, 0.1) is 5.82 Å². The zero-order valence-electron chi connectivity index (χ0n) is 16.3. The van der Waals surface area contributed by atoms with Crippen molar-refractivity contribution in [2.24, 2.45) is 0 Å². The first-order chi connectivity index (χ1) is 14.5. The Morgan fingerprint density at radius 1 is 1.07 bits per heavy atom. The highest BCUT2D eigenvalue weighted by Gasteiger charge is 2.25. The van der Waals surface area contributed by atoms with Gasteiger partial charge in [-0.25, -0.2) is 22.2 Å². The van der Waals surface area contributed by atoms with Crippen molar-refractivity contribution in [2.75, 3.05) is 32.8 Å². The van der Waals surface area contributed by atoms with Crippen LogP contribution in [0.5, 0.6) is 0 Å². The summed E-state index contributed by atoms with van der Waals surface area (Å²) in [5.74, 6) is -0.326. The zero-order valence-corrected chi connectivity index (χ0v) is 17.1. The summed E-state index contributed by atoms with van der Waals surface area (Å²) in [4.78, 5) is 2.23. The lowest BCUT2D eigenvalue weighted by Crippen LogP contribution is -2.43. The summed E-state index contributed by atoms with van der Waals surface area (Å²) >= 11 is 0. The highest BCUT2D eigenvalue weighted by atomic mass is 32.2. The van der Waals surface area contributed by atoms with Gasteiger partial charge in [-0.1, -0.05) is 30.3 Å². The Kier molecular flexibility index (Phi) is 6.24. The second kappa shape index (κ2) is 9.05. The molecule has 1 saturated heterocycles. The summed E-state index contributed by atoms with van der Waals surface area (Å²) in [6, 6.07) is 15.2. The van der Waals surface area contributed by atoms with E-state index in [9.17, 15) is 12.8 Å². The van der Waals surface area contributed by atoms with Crippen LogP contribution in [-0.2, 0) is 14.8 Å². The number of morpholine rings is 1. The van der Waals surface area contributed by atoms with E-state index < -0.39 is 10.0 Å². The van der Waals surface area contributed by atoms with Gasteiger partial charge in [0.1, 0.15) is 10.7 Å². The van der Waals surface area contributed by atoms with Gasteiger partial charge in [0.05, 0.1) is 31.3 Å². The van der Waals surface area contributed by atoms with E-state index >= 15 is 0 Å². The summed E-state index contributed by atoms with van der Waals surface area (Å²) < 4.78 is 48.8. The molecular formula is C21H23FN4O3S. The van der Waals surface area contributed by atoms with E-state index in [1.165, 1.54) is 29.2 Å². The zero-order chi connectivity index (χ0) is 21.0. The summed E-state index contributed by atoms with van der Waals surface area (Å²) in [6.45, 7) is 2.67. The fourth-order valence-corrected chi connectivity index (χ4v) is 4.44. The highest BCUT2D eigenvalue weighted by molar-refractivity contribution is 7.89. The Labute approximate surface area is 175 Å². The lowest BCUT2D eigenvalue weighted by atomic mass is 10.0. The molecule has 1 fully saturated rings. The van der Waals surface area contributed by atoms with Gasteiger partial charge in [0, 0.05) is 25.7 Å². The van der Waals surface area contributed by atoms with Crippen molar-refractivity contribution in [1.29, 1.82) is 0 Å². The van der Waals surface area contributed by atoms with Crippen molar-refractivity contribution >= 4 is 10.0 Å². The first-order valence-corrected chi connectivity index (χ1v) is 11.2. The van der Waals surface area contributed by atoms with Crippen LogP contribution in [0.3, 0.4) is 0 Å². The van der Waals surface area contributed by atoms with Gasteiger partial charge in [-0.3, -0.25) is 4.90 Å². The first-order valence-electron chi connectivity index (χ1n) is 9.70. The number of rotatable bonds is 7. The topological polar surface area (TPSA) is 76.5 Å². The van der Waals surface area contributed by atoms with Crippen LogP contribution in [0.1, 0.15) is 11.6 Å². The SMILES string of the molecule is O=S(=O)(NC[C@H](c1ccc(F)cc1)N1CCOCC1)c1cnn(-c2ccccc2)c1. The Morgan fingerprint density at radius 3 is 2.47 bits per heavy atom. The van der Waals surface area contributed by atoms with Crippen LogP contribution in [0.4, 0.5) is 4.39 Å². The molecule has 1 N–H and O–H groups in total. The fraction of sp³-hybridized carbons (Fsp3) is 0.286. The van der Waals surface area contributed by atoms with Crippen LogP contribution < -0.4 is 4.72 Å². The average molecular weight is 431 g/mol. The maximum Gasteiger partial charge on any atom is 0.243 e. The minimum absolute atomic E-state index is 0.0891. The number of benzene rings is 2. The molecule has 0 unspecified atom stereocenters. The van der Waals surface area contributed by atoms with Crippen molar-refractivity contribution in [3.63, 3.8) is 0 Å². The van der Waals surface area contributed by atoms with Gasteiger partial charge in [0.15, 0.2) is 0 Å². The van der Waals surface area contributed by atoms with Crippen LogP contribution in [0.15, 0.2) is 71.9 Å². The molecule has 0 bridgehead atoms. The molecule has 158 valence electrons. The molecule has 0 amide bonds. The molecule has 2 aromatic carbocycles. The molecule has 0 aliphatic carbocycles. The summed E-state index contributed by atoms with van der Waals surface area (Å²) in [6.07, 6.45) is 2.82. The maximum atomic E-state index is 13.4. The monoisotopic (exact) mass is 430 g/mol. The number of nitrogens with zero attached hydrogens (tertiary/aromatic N) is 3. The number of aromatic nitrogens is 2. The third-order valence-electron chi connectivity index (χ3n) is 5.10. The number of halogens is 1. The maximum absolute atomic E-state index is 13.4. The van der Waals surface area contributed by atoms with Crippen LogP contribution >= 0.6 is 0 Å². The van der Waals surface area contributed by atoms with Crippen LogP contribution in [0.25, 0.3) is 5.69 Å². The quantitative estimate of drug-likeness (QED) is 0.623. The lowest BCUT2D eigenvalue weighted by molar-refractivity contribution is 0.0172. The van der Waals surface area contributed by atoms with E-state index in [4.69, 9.17) is 4.74 Å². The predicted molar refractivity (Wildman–Crippen MR) is 110 cm³/mol. The molecule has 7 nitrogen and oxygen atoms in total. The molecular weight excluding hydrogens is 407 g/mol. The average Bonchev–Trinajstić information content (AvgIpc) is 3.28. The molecule has 0 saturated carbocycles. The van der Waals surface area contributed by atoms with Gasteiger partial charge >= 0.3 is 0 Å². The van der Waals surface area contributed by atoms with Gasteiger partial charge in [-0.2, -0.15) is 5.10 Å². The van der Waals surface area contributed by atoms with Gasteiger partial charge in [0.2, 0.25) is 10.0 Å². The Morgan fingerprint density at radius 2 is 1.77 bits per heavy atom. The predicted octanol–water partition coefficient (Wildman–Crippen LogP) is 2.36. The highest BCUT2D eigenvalue weighted by Crippen LogP contribution is 2.22. The van der Waals surface area contributed by atoms with Gasteiger partial charge in [0.25, 0.3) is 0 Å². The van der Waals surface area contributed by atoms with E-state index in [0.29, 0.717) is 26.3 Å². The standard InChI is InChI=1S/C21H23FN4O3S/c22-18-8-6-17(7-9-18)21(25-10-12-29-13-11-25)15-24-30(27,28)20-14-23-26(16-20)19-4-2-1-3-5-19/h1-9,14,16,21,24H,10-13,15H2/t21-/m1/s1. The van der Waals surface area contributed by atoms with E-state index in [0.717, 1.165) is 11.3 Å². The molecule has 4 rings (SSSR count). The van der Waals surface area contributed by atoms with Crippen molar-refractivity contribution in [2.45, 2.75) is 10.9 Å². The second-order valence-electron chi connectivity index (χ2n) is 7.02. The molecule has 0 spiro atoms. The van der Waals surface area contributed by atoms with Crippen LogP contribution in [0.2, 0.25) is 0 Å². The Hall–Kier alpha value is -2.59. The Balaban J connectivity index is 1.52. The molecule has 2 heterocycles. The largest absolute Gasteiger partial charge is 0.379 e. The lowest BCUT2D eigenvalue weighted by Gasteiger charge is -2.34. The van der Waals surface area contributed by atoms with Gasteiger partial charge in [-0.05, 0) is 29.8 Å². The number of para-hydroxylation sites is 1. The van der Waals surface area contributed by atoms with E-state index in [1.807, 2.05) is 30.3 Å². The molecule has 9 heteroatoms. The van der Waals surface area contributed by atoms with Crippen molar-refractivity contribution in [3.05, 3.63) is 78.4 Å². The summed E-state index contributed by atoms with van der Waals surface area (Å²) in [5, 5.41) is 4.17.